The van der Waals surface area contributed by atoms with E-state index in [0.717, 1.165) is 5.75 Å². The van der Waals surface area contributed by atoms with Crippen LogP contribution in [-0.2, 0) is 0 Å². The molecule has 1 aliphatic rings. The fourth-order valence-electron chi connectivity index (χ4n) is 1.56. The van der Waals surface area contributed by atoms with Gasteiger partial charge in [0, 0.05) is 5.75 Å². The summed E-state index contributed by atoms with van der Waals surface area (Å²) in [6.45, 7) is 4.21. The molecule has 1 N–H and O–H groups in total. The van der Waals surface area contributed by atoms with Crippen LogP contribution in [0.4, 0.5) is 0 Å². The van der Waals surface area contributed by atoms with Crippen molar-refractivity contribution in [3.8, 4) is 0 Å². The summed E-state index contributed by atoms with van der Waals surface area (Å²) in [6, 6.07) is 0. The number of hydrogen-bond donors (Lipinski definition) is 1. The largest absolute Gasteiger partial charge is 0.396 e. The lowest BCUT2D eigenvalue weighted by Gasteiger charge is -2.13. The number of aliphatic hydroxyl groups excluding tert-OH is 1. The van der Waals surface area contributed by atoms with Gasteiger partial charge in [-0.1, -0.05) is 0 Å². The van der Waals surface area contributed by atoms with Crippen molar-refractivity contribution in [2.75, 3.05) is 37.7 Å². The lowest BCUT2D eigenvalue weighted by Crippen LogP contribution is -2.20. The van der Waals surface area contributed by atoms with Gasteiger partial charge in [-0.25, -0.2) is 0 Å². The Bertz CT molecular complexity index is 105. The zero-order valence-corrected chi connectivity index (χ0v) is 8.48. The Kier molecular flexibility index (Phi) is 5.82. The third kappa shape index (κ3) is 4.33. The second-order valence-corrected chi connectivity index (χ2v) is 4.46. The van der Waals surface area contributed by atoms with Gasteiger partial charge in [0.25, 0.3) is 0 Å². The second kappa shape index (κ2) is 6.75. The zero-order chi connectivity index (χ0) is 8.65. The predicted octanol–water partition coefficient (Wildman–Crippen LogP) is 1.20. The SMILES string of the molecule is OCCSCCCN1CCCC1. The molecular weight excluding hydrogens is 170 g/mol. The van der Waals surface area contributed by atoms with Crippen LogP contribution in [-0.4, -0.2) is 47.8 Å². The Morgan fingerprint density at radius 2 is 1.92 bits per heavy atom. The fraction of sp³-hybridized carbons (Fsp3) is 1.00. The normalized spacial score (nSPS) is 18.8. The highest BCUT2D eigenvalue weighted by Crippen LogP contribution is 2.09. The quantitative estimate of drug-likeness (QED) is 0.635. The molecular formula is C9H19NOS. The van der Waals surface area contributed by atoms with Gasteiger partial charge in [0.2, 0.25) is 0 Å². The number of thioether (sulfide) groups is 1. The molecule has 72 valence electrons. The van der Waals surface area contributed by atoms with Gasteiger partial charge in [-0.15, -0.1) is 0 Å². The van der Waals surface area contributed by atoms with Crippen LogP contribution in [0.1, 0.15) is 19.3 Å². The van der Waals surface area contributed by atoms with Crippen LogP contribution in [0.25, 0.3) is 0 Å². The molecule has 0 amide bonds. The van der Waals surface area contributed by atoms with Gasteiger partial charge in [-0.3, -0.25) is 0 Å². The third-order valence-corrected chi connectivity index (χ3v) is 3.25. The molecule has 1 heterocycles. The van der Waals surface area contributed by atoms with E-state index in [2.05, 4.69) is 4.90 Å². The number of aliphatic hydroxyl groups is 1. The highest BCUT2D eigenvalue weighted by atomic mass is 32.2. The molecule has 0 aromatic rings. The van der Waals surface area contributed by atoms with Crippen LogP contribution in [0.15, 0.2) is 0 Å². The van der Waals surface area contributed by atoms with Crippen molar-refractivity contribution in [3.05, 3.63) is 0 Å². The van der Waals surface area contributed by atoms with E-state index in [4.69, 9.17) is 5.11 Å². The summed E-state index contributed by atoms with van der Waals surface area (Å²) in [6.07, 6.45) is 4.07. The molecule has 1 saturated heterocycles. The standard InChI is InChI=1S/C9H19NOS/c11-7-9-12-8-3-6-10-4-1-2-5-10/h11H,1-9H2. The minimum Gasteiger partial charge on any atom is -0.396 e. The minimum atomic E-state index is 0.328. The first-order valence-corrected chi connectivity index (χ1v) is 6.00. The van der Waals surface area contributed by atoms with Gasteiger partial charge in [0.1, 0.15) is 0 Å². The van der Waals surface area contributed by atoms with Crippen molar-refractivity contribution in [1.82, 2.24) is 4.90 Å². The molecule has 1 rings (SSSR count). The Morgan fingerprint density at radius 3 is 2.58 bits per heavy atom. The van der Waals surface area contributed by atoms with Crippen molar-refractivity contribution in [2.45, 2.75) is 19.3 Å². The fourth-order valence-corrected chi connectivity index (χ4v) is 2.23. The van der Waals surface area contributed by atoms with Crippen molar-refractivity contribution in [3.63, 3.8) is 0 Å². The van der Waals surface area contributed by atoms with Crippen LogP contribution in [0, 0.1) is 0 Å². The van der Waals surface area contributed by atoms with E-state index in [1.165, 1.54) is 44.6 Å². The Labute approximate surface area is 79.3 Å². The van der Waals surface area contributed by atoms with Gasteiger partial charge < -0.3 is 10.0 Å². The van der Waals surface area contributed by atoms with E-state index < -0.39 is 0 Å². The molecule has 1 fully saturated rings. The average molecular weight is 189 g/mol. The molecule has 0 radical (unpaired) electrons. The molecule has 0 aliphatic carbocycles. The minimum absolute atomic E-state index is 0.328. The van der Waals surface area contributed by atoms with Gasteiger partial charge in [0.05, 0.1) is 6.61 Å². The first-order valence-electron chi connectivity index (χ1n) is 4.84. The number of nitrogens with zero attached hydrogens (tertiary/aromatic N) is 1. The van der Waals surface area contributed by atoms with Crippen LogP contribution >= 0.6 is 11.8 Å². The molecule has 0 bridgehead atoms. The van der Waals surface area contributed by atoms with E-state index in [0.29, 0.717) is 6.61 Å². The number of likely N-dealkylation sites (tertiary alicyclic amines) is 1. The van der Waals surface area contributed by atoms with Crippen LogP contribution in [0.3, 0.4) is 0 Å². The second-order valence-electron chi connectivity index (χ2n) is 3.24. The summed E-state index contributed by atoms with van der Waals surface area (Å²) in [5.74, 6) is 2.11. The Morgan fingerprint density at radius 1 is 1.17 bits per heavy atom. The van der Waals surface area contributed by atoms with Crippen molar-refractivity contribution >= 4 is 11.8 Å². The molecule has 0 atom stereocenters. The zero-order valence-electron chi connectivity index (χ0n) is 7.67. The van der Waals surface area contributed by atoms with Gasteiger partial charge >= 0.3 is 0 Å². The predicted molar refractivity (Wildman–Crippen MR) is 54.7 cm³/mol. The smallest absolute Gasteiger partial charge is 0.0521 e. The lowest BCUT2D eigenvalue weighted by molar-refractivity contribution is 0.322. The maximum Gasteiger partial charge on any atom is 0.0521 e. The number of rotatable bonds is 6. The molecule has 0 spiro atoms. The highest BCUT2D eigenvalue weighted by Gasteiger charge is 2.09. The van der Waals surface area contributed by atoms with Crippen LogP contribution in [0.2, 0.25) is 0 Å². The van der Waals surface area contributed by atoms with Crippen molar-refractivity contribution < 1.29 is 5.11 Å². The number of hydrogen-bond acceptors (Lipinski definition) is 3. The average Bonchev–Trinajstić information content (AvgIpc) is 2.57. The summed E-state index contributed by atoms with van der Waals surface area (Å²) in [5, 5.41) is 8.55. The first kappa shape index (κ1) is 10.4. The molecule has 0 saturated carbocycles. The third-order valence-electron chi connectivity index (χ3n) is 2.20. The molecule has 2 nitrogen and oxygen atoms in total. The topological polar surface area (TPSA) is 23.5 Å². The van der Waals surface area contributed by atoms with Crippen LogP contribution in [0.5, 0.6) is 0 Å². The van der Waals surface area contributed by atoms with E-state index >= 15 is 0 Å². The molecule has 3 heteroatoms. The summed E-state index contributed by atoms with van der Waals surface area (Å²) in [5.41, 5.74) is 0. The van der Waals surface area contributed by atoms with E-state index in [1.807, 2.05) is 11.8 Å². The lowest BCUT2D eigenvalue weighted by atomic mass is 10.4. The summed E-state index contributed by atoms with van der Waals surface area (Å²) >= 11 is 1.86. The van der Waals surface area contributed by atoms with Crippen molar-refractivity contribution in [2.24, 2.45) is 0 Å². The monoisotopic (exact) mass is 189 g/mol. The Balaban J connectivity index is 1.81. The maximum absolute atomic E-state index is 8.55. The first-order chi connectivity index (χ1) is 5.93. The summed E-state index contributed by atoms with van der Waals surface area (Å²) in [7, 11) is 0. The summed E-state index contributed by atoms with van der Waals surface area (Å²) < 4.78 is 0. The molecule has 0 aromatic carbocycles. The van der Waals surface area contributed by atoms with E-state index in [1.54, 1.807) is 0 Å². The van der Waals surface area contributed by atoms with Gasteiger partial charge in [0.15, 0.2) is 0 Å². The van der Waals surface area contributed by atoms with Gasteiger partial charge in [-0.2, -0.15) is 11.8 Å². The van der Waals surface area contributed by atoms with E-state index in [-0.39, 0.29) is 0 Å². The highest BCUT2D eigenvalue weighted by molar-refractivity contribution is 7.99. The molecule has 0 aromatic heterocycles. The van der Waals surface area contributed by atoms with Crippen molar-refractivity contribution in [1.29, 1.82) is 0 Å². The molecule has 0 unspecified atom stereocenters. The molecule has 1 aliphatic heterocycles. The molecule has 12 heavy (non-hydrogen) atoms. The van der Waals surface area contributed by atoms with Crippen LogP contribution < -0.4 is 0 Å². The van der Waals surface area contributed by atoms with Gasteiger partial charge in [-0.05, 0) is 44.6 Å². The van der Waals surface area contributed by atoms with E-state index in [9.17, 15) is 0 Å². The Hall–Kier alpha value is 0.270. The summed E-state index contributed by atoms with van der Waals surface area (Å²) in [4.78, 5) is 2.54. The maximum atomic E-state index is 8.55.